The minimum Gasteiger partial charge on any atom is -0.356 e. The summed E-state index contributed by atoms with van der Waals surface area (Å²) in [4.78, 5) is 4.12. The fraction of sp³-hybridized carbons (Fsp3) is 0.933. The first kappa shape index (κ1) is 21.2. The Hall–Kier alpha value is -0.820. The molecule has 0 amide bonds. The molecule has 0 heterocycles. The molecule has 0 aliphatic carbocycles. The average Bonchev–Trinajstić information content (AvgIpc) is 2.48. The Kier molecular flexibility index (Phi) is 12.2. The third kappa shape index (κ3) is 12.9. The van der Waals surface area contributed by atoms with E-state index in [9.17, 15) is 8.42 Å². The molecule has 0 saturated carbocycles. The van der Waals surface area contributed by atoms with Gasteiger partial charge >= 0.3 is 0 Å². The maximum absolute atomic E-state index is 11.3. The van der Waals surface area contributed by atoms with Gasteiger partial charge in [-0.25, -0.2) is 13.1 Å². The molecule has 0 aliphatic rings. The molecule has 0 aromatic rings. The molecule has 0 spiro atoms. The highest BCUT2D eigenvalue weighted by molar-refractivity contribution is 7.89. The first-order valence-electron chi connectivity index (χ1n) is 8.33. The SMILES string of the molecule is CCS(=O)(=O)NCCNC(=NC)NCCCCCCC(C)C. The molecule has 6 nitrogen and oxygen atoms in total. The van der Waals surface area contributed by atoms with E-state index in [0.717, 1.165) is 24.8 Å². The molecule has 0 atom stereocenters. The van der Waals surface area contributed by atoms with Gasteiger partial charge in [0.1, 0.15) is 0 Å². The second-order valence-corrected chi connectivity index (χ2v) is 7.92. The van der Waals surface area contributed by atoms with Crippen LogP contribution in [-0.2, 0) is 10.0 Å². The summed E-state index contributed by atoms with van der Waals surface area (Å²) in [6, 6.07) is 0. The largest absolute Gasteiger partial charge is 0.356 e. The van der Waals surface area contributed by atoms with Gasteiger partial charge in [0, 0.05) is 26.7 Å². The van der Waals surface area contributed by atoms with Gasteiger partial charge in [-0.3, -0.25) is 4.99 Å². The molecule has 3 N–H and O–H groups in total. The standard InChI is InChI=1S/C15H34N4O2S/c1-5-22(20,21)19-13-12-18-15(16-4)17-11-9-7-6-8-10-14(2)3/h14,19H,5-13H2,1-4H3,(H2,16,17,18). The topological polar surface area (TPSA) is 82.6 Å². The summed E-state index contributed by atoms with van der Waals surface area (Å²) in [5.74, 6) is 1.63. The van der Waals surface area contributed by atoms with Gasteiger partial charge < -0.3 is 10.6 Å². The number of aliphatic imine (C=N–C) groups is 1. The monoisotopic (exact) mass is 334 g/mol. The van der Waals surface area contributed by atoms with Crippen LogP contribution < -0.4 is 15.4 Å². The van der Waals surface area contributed by atoms with Crippen molar-refractivity contribution < 1.29 is 8.42 Å². The molecule has 22 heavy (non-hydrogen) atoms. The van der Waals surface area contributed by atoms with E-state index in [1.807, 2.05) is 0 Å². The zero-order valence-corrected chi connectivity index (χ0v) is 15.4. The lowest BCUT2D eigenvalue weighted by Gasteiger charge is -2.12. The van der Waals surface area contributed by atoms with Crippen LogP contribution in [0, 0.1) is 5.92 Å². The Labute approximate surface area is 136 Å². The minimum atomic E-state index is -3.11. The smallest absolute Gasteiger partial charge is 0.211 e. The van der Waals surface area contributed by atoms with Crippen LogP contribution in [0.15, 0.2) is 4.99 Å². The molecule has 0 saturated heterocycles. The van der Waals surface area contributed by atoms with E-state index in [4.69, 9.17) is 0 Å². The normalized spacial score (nSPS) is 12.7. The van der Waals surface area contributed by atoms with Crippen molar-refractivity contribution in [2.45, 2.75) is 52.9 Å². The van der Waals surface area contributed by atoms with Gasteiger partial charge in [0.25, 0.3) is 0 Å². The second-order valence-electron chi connectivity index (χ2n) is 5.82. The van der Waals surface area contributed by atoms with Crippen molar-refractivity contribution in [2.75, 3.05) is 32.4 Å². The van der Waals surface area contributed by atoms with Gasteiger partial charge in [-0.2, -0.15) is 0 Å². The number of hydrogen-bond donors (Lipinski definition) is 3. The molecular formula is C15H34N4O2S. The summed E-state index contributed by atoms with van der Waals surface area (Å²) in [5.41, 5.74) is 0. The number of nitrogens with one attached hydrogen (secondary N) is 3. The number of sulfonamides is 1. The molecule has 0 aliphatic heterocycles. The summed E-state index contributed by atoms with van der Waals surface area (Å²) in [6.45, 7) is 7.93. The van der Waals surface area contributed by atoms with Gasteiger partial charge in [0.2, 0.25) is 10.0 Å². The van der Waals surface area contributed by atoms with E-state index in [-0.39, 0.29) is 5.75 Å². The molecule has 0 fully saturated rings. The molecule has 7 heteroatoms. The van der Waals surface area contributed by atoms with Gasteiger partial charge in [0.15, 0.2) is 5.96 Å². The molecule has 132 valence electrons. The summed E-state index contributed by atoms with van der Waals surface area (Å²) in [6.07, 6.45) is 6.26. The van der Waals surface area contributed by atoms with Crippen LogP contribution in [0.2, 0.25) is 0 Å². The van der Waals surface area contributed by atoms with E-state index >= 15 is 0 Å². The number of nitrogens with zero attached hydrogens (tertiary/aromatic N) is 1. The zero-order chi connectivity index (χ0) is 16.8. The van der Waals surface area contributed by atoms with E-state index < -0.39 is 10.0 Å². The lowest BCUT2D eigenvalue weighted by molar-refractivity contribution is 0.518. The van der Waals surface area contributed by atoms with Crippen LogP contribution in [0.25, 0.3) is 0 Å². The summed E-state index contributed by atoms with van der Waals surface area (Å²) in [5, 5.41) is 6.34. The third-order valence-corrected chi connectivity index (χ3v) is 4.75. The fourth-order valence-corrected chi connectivity index (χ4v) is 2.57. The minimum absolute atomic E-state index is 0.108. The van der Waals surface area contributed by atoms with Crippen LogP contribution in [0.3, 0.4) is 0 Å². The number of hydrogen-bond acceptors (Lipinski definition) is 3. The molecule has 0 aromatic heterocycles. The summed E-state index contributed by atoms with van der Waals surface area (Å²) in [7, 11) is -1.39. The molecule has 0 aromatic carbocycles. The highest BCUT2D eigenvalue weighted by atomic mass is 32.2. The Morgan fingerprint density at radius 3 is 2.23 bits per heavy atom. The molecule has 0 radical (unpaired) electrons. The Morgan fingerprint density at radius 1 is 1.00 bits per heavy atom. The van der Waals surface area contributed by atoms with Crippen molar-refractivity contribution in [3.05, 3.63) is 0 Å². The quantitative estimate of drug-likeness (QED) is 0.288. The van der Waals surface area contributed by atoms with Crippen LogP contribution >= 0.6 is 0 Å². The first-order chi connectivity index (χ1) is 10.4. The van der Waals surface area contributed by atoms with Crippen molar-refractivity contribution in [3.63, 3.8) is 0 Å². The van der Waals surface area contributed by atoms with Gasteiger partial charge in [-0.05, 0) is 19.3 Å². The third-order valence-electron chi connectivity index (χ3n) is 3.34. The number of unbranched alkanes of at least 4 members (excludes halogenated alkanes) is 3. The lowest BCUT2D eigenvalue weighted by atomic mass is 10.0. The van der Waals surface area contributed by atoms with E-state index in [2.05, 4.69) is 34.2 Å². The lowest BCUT2D eigenvalue weighted by Crippen LogP contribution is -2.42. The Morgan fingerprint density at radius 2 is 1.64 bits per heavy atom. The Bertz CT molecular complexity index is 394. The molecule has 0 rings (SSSR count). The van der Waals surface area contributed by atoms with Gasteiger partial charge in [0.05, 0.1) is 5.75 Å². The maximum atomic E-state index is 11.3. The molecule has 0 bridgehead atoms. The summed E-state index contributed by atoms with van der Waals surface area (Å²) < 4.78 is 25.1. The first-order valence-corrected chi connectivity index (χ1v) is 9.98. The zero-order valence-electron chi connectivity index (χ0n) is 14.6. The van der Waals surface area contributed by atoms with Gasteiger partial charge in [-0.15, -0.1) is 0 Å². The van der Waals surface area contributed by atoms with Crippen molar-refractivity contribution in [3.8, 4) is 0 Å². The number of rotatable bonds is 12. The van der Waals surface area contributed by atoms with Crippen molar-refractivity contribution in [1.29, 1.82) is 0 Å². The molecular weight excluding hydrogens is 300 g/mol. The predicted octanol–water partition coefficient (Wildman–Crippen LogP) is 1.70. The molecule has 0 unspecified atom stereocenters. The highest BCUT2D eigenvalue weighted by Gasteiger charge is 2.04. The Balaban J connectivity index is 3.60. The number of guanidine groups is 1. The summed E-state index contributed by atoms with van der Waals surface area (Å²) >= 11 is 0. The van der Waals surface area contributed by atoms with Crippen LogP contribution in [-0.4, -0.2) is 46.8 Å². The van der Waals surface area contributed by atoms with Crippen LogP contribution in [0.5, 0.6) is 0 Å². The maximum Gasteiger partial charge on any atom is 0.211 e. The van der Waals surface area contributed by atoms with E-state index in [0.29, 0.717) is 13.1 Å². The van der Waals surface area contributed by atoms with Crippen molar-refractivity contribution in [1.82, 2.24) is 15.4 Å². The fourth-order valence-electron chi connectivity index (χ4n) is 1.95. The average molecular weight is 335 g/mol. The van der Waals surface area contributed by atoms with Crippen molar-refractivity contribution >= 4 is 16.0 Å². The van der Waals surface area contributed by atoms with Crippen LogP contribution in [0.1, 0.15) is 52.9 Å². The highest BCUT2D eigenvalue weighted by Crippen LogP contribution is 2.08. The van der Waals surface area contributed by atoms with E-state index in [1.54, 1.807) is 14.0 Å². The van der Waals surface area contributed by atoms with Gasteiger partial charge in [-0.1, -0.05) is 39.5 Å². The second kappa shape index (κ2) is 12.7. The van der Waals surface area contributed by atoms with Crippen LogP contribution in [0.4, 0.5) is 0 Å². The predicted molar refractivity (Wildman–Crippen MR) is 94.8 cm³/mol. The van der Waals surface area contributed by atoms with E-state index in [1.165, 1.54) is 25.7 Å². The van der Waals surface area contributed by atoms with Crippen molar-refractivity contribution in [2.24, 2.45) is 10.9 Å².